The predicted octanol–water partition coefficient (Wildman–Crippen LogP) is 2.43. The van der Waals surface area contributed by atoms with E-state index in [1.54, 1.807) is 0 Å². The van der Waals surface area contributed by atoms with Crippen LogP contribution in [-0.2, 0) is 15.6 Å². The quantitative estimate of drug-likeness (QED) is 0.623. The van der Waals surface area contributed by atoms with Gasteiger partial charge in [-0.15, -0.1) is 10.2 Å². The van der Waals surface area contributed by atoms with Crippen molar-refractivity contribution in [3.8, 4) is 0 Å². The lowest BCUT2D eigenvalue weighted by atomic mass is 10.1. The van der Waals surface area contributed by atoms with Crippen LogP contribution in [0.1, 0.15) is 18.7 Å². The Labute approximate surface area is 113 Å². The fourth-order valence-corrected chi connectivity index (χ4v) is 2.44. The van der Waals surface area contributed by atoms with Crippen molar-refractivity contribution in [2.45, 2.75) is 36.9 Å². The van der Waals surface area contributed by atoms with E-state index in [4.69, 9.17) is 10.7 Å². The van der Waals surface area contributed by atoms with E-state index in [-0.39, 0.29) is 4.57 Å². The normalized spacial score (nSPS) is 14.1. The molecule has 20 heavy (non-hydrogen) atoms. The zero-order valence-electron chi connectivity index (χ0n) is 9.50. The van der Waals surface area contributed by atoms with Gasteiger partial charge in [0.1, 0.15) is 0 Å². The maximum atomic E-state index is 12.5. The van der Waals surface area contributed by atoms with Crippen LogP contribution in [0.4, 0.5) is 26.3 Å². The van der Waals surface area contributed by atoms with Crippen molar-refractivity contribution in [1.82, 2.24) is 14.8 Å². The van der Waals surface area contributed by atoms with E-state index in [0.29, 0.717) is 0 Å². The number of hydrogen-bond donors (Lipinski definition) is 0. The van der Waals surface area contributed by atoms with Crippen LogP contribution in [0.3, 0.4) is 0 Å². The second-order valence-corrected chi connectivity index (χ2v) is 6.00. The molecule has 0 atom stereocenters. The Morgan fingerprint density at radius 1 is 1.15 bits per heavy atom. The molecule has 0 saturated heterocycles. The lowest BCUT2D eigenvalue weighted by Crippen LogP contribution is -2.36. The van der Waals surface area contributed by atoms with Crippen molar-refractivity contribution in [3.05, 3.63) is 5.82 Å². The predicted molar refractivity (Wildman–Crippen MR) is 53.6 cm³/mol. The molecule has 0 aromatic carbocycles. The summed E-state index contributed by atoms with van der Waals surface area (Å²) in [4.78, 5) is 0. The summed E-state index contributed by atoms with van der Waals surface area (Å²) in [5.74, 6) is -5.53. The summed E-state index contributed by atoms with van der Waals surface area (Å²) in [6, 6.07) is 0. The van der Waals surface area contributed by atoms with Crippen molar-refractivity contribution < 1.29 is 34.8 Å². The Hall–Kier alpha value is -1.04. The Morgan fingerprint density at radius 2 is 1.60 bits per heavy atom. The fraction of sp³-hybridized carbons (Fsp3) is 0.714. The summed E-state index contributed by atoms with van der Waals surface area (Å²) in [6.07, 6.45) is -11.4. The molecule has 0 fully saturated rings. The minimum atomic E-state index is -5.70. The van der Waals surface area contributed by atoms with E-state index in [1.807, 2.05) is 0 Å². The van der Waals surface area contributed by atoms with Crippen molar-refractivity contribution in [2.75, 3.05) is 0 Å². The van der Waals surface area contributed by atoms with Gasteiger partial charge in [0.05, 0.1) is 0 Å². The molecule has 0 bridgehead atoms. The fourth-order valence-electron chi connectivity index (χ4n) is 1.47. The number of hydrogen-bond acceptors (Lipinski definition) is 4. The third-order valence-electron chi connectivity index (χ3n) is 2.19. The molecule has 0 saturated carbocycles. The third kappa shape index (κ3) is 3.34. The van der Waals surface area contributed by atoms with Crippen LogP contribution in [0.25, 0.3) is 0 Å². The molecule has 1 heterocycles. The number of halogens is 7. The van der Waals surface area contributed by atoms with Gasteiger partial charge >= 0.3 is 12.4 Å². The molecule has 0 amide bonds. The zero-order chi connectivity index (χ0) is 15.9. The summed E-state index contributed by atoms with van der Waals surface area (Å²) in [5.41, 5.74) is 0. The van der Waals surface area contributed by atoms with Gasteiger partial charge in [-0.25, -0.2) is 8.42 Å². The number of alkyl halides is 6. The van der Waals surface area contributed by atoms with Gasteiger partial charge in [-0.3, -0.25) is 0 Å². The molecule has 1 rings (SSSR count). The largest absolute Gasteiger partial charge is 0.407 e. The molecule has 5 nitrogen and oxygen atoms in total. The van der Waals surface area contributed by atoms with Crippen molar-refractivity contribution in [3.63, 3.8) is 0 Å². The van der Waals surface area contributed by atoms with Gasteiger partial charge in [0, 0.05) is 17.2 Å². The highest BCUT2D eigenvalue weighted by Gasteiger charge is 2.60. The monoisotopic (exact) mass is 345 g/mol. The molecule has 13 heteroatoms. The molecule has 0 aliphatic heterocycles. The Balaban J connectivity index is 3.56. The summed E-state index contributed by atoms with van der Waals surface area (Å²) >= 11 is 0. The van der Waals surface area contributed by atoms with Crippen molar-refractivity contribution >= 4 is 19.7 Å². The first-order valence-corrected chi connectivity index (χ1v) is 7.12. The average molecular weight is 346 g/mol. The summed E-state index contributed by atoms with van der Waals surface area (Å²) in [5, 5.41) is 4.32. The second-order valence-electron chi connectivity index (χ2n) is 3.54. The van der Waals surface area contributed by atoms with Crippen LogP contribution in [0, 0.1) is 0 Å². The molecule has 1 aromatic heterocycles. The standard InChI is InChI=1S/C7H6ClF6N3O2S/c1-2-17-4(15-16-5(17)20(8,18)19)3(6(9,10)11)7(12,13)14/h3H,2H2,1H3. The van der Waals surface area contributed by atoms with Crippen LogP contribution in [0.5, 0.6) is 0 Å². The Bertz CT molecular complexity index is 579. The molecule has 0 spiro atoms. The first kappa shape index (κ1) is 17.0. The summed E-state index contributed by atoms with van der Waals surface area (Å²) < 4.78 is 97.5. The topological polar surface area (TPSA) is 64.8 Å². The first-order chi connectivity index (χ1) is 8.80. The molecule has 0 N–H and O–H groups in total. The second kappa shape index (κ2) is 5.06. The van der Waals surface area contributed by atoms with Crippen LogP contribution in [-0.4, -0.2) is 35.5 Å². The van der Waals surface area contributed by atoms with E-state index in [1.165, 1.54) is 0 Å². The molecular formula is C7H6ClF6N3O2S. The van der Waals surface area contributed by atoms with Gasteiger partial charge < -0.3 is 4.57 Å². The van der Waals surface area contributed by atoms with Gasteiger partial charge in [-0.2, -0.15) is 26.3 Å². The van der Waals surface area contributed by atoms with Crippen LogP contribution < -0.4 is 0 Å². The molecule has 116 valence electrons. The van der Waals surface area contributed by atoms with Crippen LogP contribution in [0.15, 0.2) is 5.16 Å². The summed E-state index contributed by atoms with van der Waals surface area (Å²) in [6.45, 7) is 0.592. The lowest BCUT2D eigenvalue weighted by molar-refractivity contribution is -0.256. The van der Waals surface area contributed by atoms with Crippen LogP contribution >= 0.6 is 10.7 Å². The number of rotatable bonds is 3. The highest BCUT2D eigenvalue weighted by molar-refractivity contribution is 8.13. The van der Waals surface area contributed by atoms with Crippen LogP contribution in [0.2, 0.25) is 0 Å². The lowest BCUT2D eigenvalue weighted by Gasteiger charge is -2.22. The van der Waals surface area contributed by atoms with Gasteiger partial charge in [-0.05, 0) is 6.92 Å². The maximum Gasteiger partial charge on any atom is 0.407 e. The highest BCUT2D eigenvalue weighted by Crippen LogP contribution is 2.45. The third-order valence-corrected chi connectivity index (χ3v) is 3.34. The SMILES string of the molecule is CCn1c(C(C(F)(F)F)C(F)(F)F)nnc1S(=O)(=O)Cl. The van der Waals surface area contributed by atoms with Crippen molar-refractivity contribution in [2.24, 2.45) is 0 Å². The van der Waals surface area contributed by atoms with Gasteiger partial charge in [0.25, 0.3) is 14.2 Å². The average Bonchev–Trinajstić information content (AvgIpc) is 2.55. The van der Waals surface area contributed by atoms with E-state index < -0.39 is 44.8 Å². The maximum absolute atomic E-state index is 12.5. The number of aromatic nitrogens is 3. The molecular weight excluding hydrogens is 340 g/mol. The molecule has 0 aliphatic carbocycles. The van der Waals surface area contributed by atoms with E-state index in [2.05, 4.69) is 10.2 Å². The molecule has 0 radical (unpaired) electrons. The highest BCUT2D eigenvalue weighted by atomic mass is 35.7. The minimum absolute atomic E-state index is 0.161. The van der Waals surface area contributed by atoms with Gasteiger partial charge in [0.2, 0.25) is 5.92 Å². The Kier molecular flexibility index (Phi) is 4.30. The number of nitrogens with zero attached hydrogens (tertiary/aromatic N) is 3. The first-order valence-electron chi connectivity index (χ1n) is 4.81. The van der Waals surface area contributed by atoms with E-state index >= 15 is 0 Å². The van der Waals surface area contributed by atoms with E-state index in [9.17, 15) is 34.8 Å². The molecule has 0 unspecified atom stereocenters. The smallest absolute Gasteiger partial charge is 0.300 e. The van der Waals surface area contributed by atoms with Gasteiger partial charge in [-0.1, -0.05) is 0 Å². The summed E-state index contributed by atoms with van der Waals surface area (Å²) in [7, 11) is 0.253. The van der Waals surface area contributed by atoms with E-state index in [0.717, 1.165) is 6.92 Å². The zero-order valence-corrected chi connectivity index (χ0v) is 11.1. The Morgan fingerprint density at radius 3 is 1.90 bits per heavy atom. The van der Waals surface area contributed by atoms with Crippen molar-refractivity contribution in [1.29, 1.82) is 0 Å². The molecule has 1 aromatic rings. The minimum Gasteiger partial charge on any atom is -0.300 e. The molecule has 0 aliphatic rings. The van der Waals surface area contributed by atoms with Gasteiger partial charge in [0.15, 0.2) is 5.82 Å².